The van der Waals surface area contributed by atoms with Gasteiger partial charge in [-0.15, -0.1) is 0 Å². The second kappa shape index (κ2) is 8.75. The topological polar surface area (TPSA) is 101 Å². The number of nitrogens with zero attached hydrogens (tertiary/aromatic N) is 6. The van der Waals surface area contributed by atoms with Crippen LogP contribution in [0.1, 0.15) is 42.4 Å². The van der Waals surface area contributed by atoms with Gasteiger partial charge in [0.25, 0.3) is 0 Å². The van der Waals surface area contributed by atoms with E-state index in [0.717, 1.165) is 32.6 Å². The molecule has 5 rings (SSSR count). The maximum absolute atomic E-state index is 11.3. The third-order valence-corrected chi connectivity index (χ3v) is 5.69. The lowest BCUT2D eigenvalue weighted by Gasteiger charge is -2.10. The van der Waals surface area contributed by atoms with Gasteiger partial charge in [-0.1, -0.05) is 38.1 Å². The largest absolute Gasteiger partial charge is 0.427 e. The number of hydrogen-bond acceptors (Lipinski definition) is 6. The highest BCUT2D eigenvalue weighted by atomic mass is 16.5. The van der Waals surface area contributed by atoms with E-state index in [1.54, 1.807) is 24.5 Å². The summed E-state index contributed by atoms with van der Waals surface area (Å²) in [5.41, 5.74) is 6.45. The maximum Gasteiger partial charge on any atom is 0.150 e. The fourth-order valence-electron chi connectivity index (χ4n) is 3.95. The average molecular weight is 447 g/mol. The number of imidazole rings is 1. The lowest BCUT2D eigenvalue weighted by atomic mass is 10.1. The predicted molar refractivity (Wildman–Crippen MR) is 129 cm³/mol. The van der Waals surface area contributed by atoms with Gasteiger partial charge in [0.1, 0.15) is 17.2 Å². The van der Waals surface area contributed by atoms with Crippen LogP contribution in [0.4, 0.5) is 0 Å². The molecule has 0 radical (unpaired) electrons. The summed E-state index contributed by atoms with van der Waals surface area (Å²) in [5, 5.41) is 20.5. The van der Waals surface area contributed by atoms with Gasteiger partial charge in [-0.3, -0.25) is 15.0 Å². The molecule has 7 nitrogen and oxygen atoms in total. The quantitative estimate of drug-likeness (QED) is 0.364. The predicted octanol–water partition coefficient (Wildman–Crippen LogP) is 5.38. The highest BCUT2D eigenvalue weighted by molar-refractivity contribution is 5.84. The number of benzene rings is 2. The van der Waals surface area contributed by atoms with Crippen molar-refractivity contribution in [2.24, 2.45) is 0 Å². The van der Waals surface area contributed by atoms with E-state index < -0.39 is 0 Å². The molecule has 166 valence electrons. The van der Waals surface area contributed by atoms with Crippen molar-refractivity contribution in [3.05, 3.63) is 95.7 Å². The van der Waals surface area contributed by atoms with Gasteiger partial charge < -0.3 is 5.21 Å². The Hall–Kier alpha value is -4.57. The fourth-order valence-corrected chi connectivity index (χ4v) is 3.95. The van der Waals surface area contributed by atoms with E-state index in [9.17, 15) is 10.5 Å². The summed E-state index contributed by atoms with van der Waals surface area (Å²) in [6.45, 7) is 4.16. The zero-order valence-electron chi connectivity index (χ0n) is 18.8. The number of nitriles is 1. The van der Waals surface area contributed by atoms with E-state index in [4.69, 9.17) is 9.97 Å². The monoisotopic (exact) mass is 446 g/mol. The summed E-state index contributed by atoms with van der Waals surface area (Å²) in [4.78, 5) is 18.4. The molecule has 5 aromatic rings. The van der Waals surface area contributed by atoms with Crippen molar-refractivity contribution in [3.63, 3.8) is 0 Å². The van der Waals surface area contributed by atoms with Crippen molar-refractivity contribution < 1.29 is 5.21 Å². The Balaban J connectivity index is 1.69. The molecule has 0 spiro atoms. The van der Waals surface area contributed by atoms with Gasteiger partial charge in [-0.25, -0.2) is 4.98 Å². The van der Waals surface area contributed by atoms with Crippen molar-refractivity contribution in [2.45, 2.75) is 26.2 Å². The Kier molecular flexibility index (Phi) is 5.48. The summed E-state index contributed by atoms with van der Waals surface area (Å²) >= 11 is 0. The van der Waals surface area contributed by atoms with Gasteiger partial charge in [0, 0.05) is 30.1 Å². The van der Waals surface area contributed by atoms with E-state index in [2.05, 4.69) is 29.9 Å². The molecule has 34 heavy (non-hydrogen) atoms. The van der Waals surface area contributed by atoms with Crippen LogP contribution in [-0.2, 0) is 6.42 Å². The van der Waals surface area contributed by atoms with Gasteiger partial charge in [0.2, 0.25) is 0 Å². The molecule has 0 aliphatic heterocycles. The third kappa shape index (κ3) is 3.97. The van der Waals surface area contributed by atoms with E-state index in [1.165, 1.54) is 0 Å². The Morgan fingerprint density at radius 2 is 1.74 bits per heavy atom. The molecule has 3 heterocycles. The summed E-state index contributed by atoms with van der Waals surface area (Å²) in [6, 6.07) is 21.0. The van der Waals surface area contributed by atoms with Crippen molar-refractivity contribution in [1.82, 2.24) is 24.7 Å². The molecule has 0 amide bonds. The van der Waals surface area contributed by atoms with Gasteiger partial charge in [-0.2, -0.15) is 9.99 Å². The fraction of sp³-hybridized carbons (Fsp3) is 0.148. The summed E-state index contributed by atoms with van der Waals surface area (Å²) in [6.07, 6.45) is 3.67. The first-order chi connectivity index (χ1) is 16.5. The highest BCUT2D eigenvalue weighted by Crippen LogP contribution is 2.33. The molecular formula is C27H22N6O. The first-order valence-corrected chi connectivity index (χ1v) is 11.0. The Labute approximate surface area is 197 Å². The van der Waals surface area contributed by atoms with E-state index in [1.807, 2.05) is 48.5 Å². The summed E-state index contributed by atoms with van der Waals surface area (Å²) in [5.74, 6) is 0.693. The molecule has 0 fully saturated rings. The molecule has 1 N–H and O–H groups in total. The van der Waals surface area contributed by atoms with Crippen LogP contribution in [0.15, 0.2) is 73.1 Å². The van der Waals surface area contributed by atoms with Crippen LogP contribution in [0, 0.1) is 11.3 Å². The molecule has 0 bridgehead atoms. The Morgan fingerprint density at radius 1 is 0.941 bits per heavy atom. The van der Waals surface area contributed by atoms with Gasteiger partial charge in [-0.05, 0) is 47.9 Å². The molecule has 0 saturated heterocycles. The number of rotatable bonds is 5. The normalized spacial score (nSPS) is 11.1. The Morgan fingerprint density at radius 3 is 2.53 bits per heavy atom. The minimum Gasteiger partial charge on any atom is -0.427 e. The standard InChI is InChI=1S/C27H22N6O/c1-17(2)21-7-4-8-23(31-21)27-26(20-9-10-22-24(15-20)30-12-11-29-22)32-25(33(27)34)14-18-5-3-6-19(13-18)16-28/h3-13,15,17,34H,14H2,1-2H3. The molecule has 7 heteroatoms. The van der Waals surface area contributed by atoms with Crippen molar-refractivity contribution >= 4 is 11.0 Å². The van der Waals surface area contributed by atoms with Crippen molar-refractivity contribution in [2.75, 3.05) is 0 Å². The zero-order chi connectivity index (χ0) is 23.7. The minimum absolute atomic E-state index is 0.239. The maximum atomic E-state index is 11.3. The van der Waals surface area contributed by atoms with E-state index >= 15 is 0 Å². The molecule has 3 aromatic heterocycles. The summed E-state index contributed by atoms with van der Waals surface area (Å²) < 4.78 is 1.11. The van der Waals surface area contributed by atoms with Crippen molar-refractivity contribution in [1.29, 1.82) is 5.26 Å². The lowest BCUT2D eigenvalue weighted by Crippen LogP contribution is -2.04. The Bertz CT molecular complexity index is 1550. The average Bonchev–Trinajstić information content (AvgIpc) is 3.19. The molecular weight excluding hydrogens is 424 g/mol. The second-order valence-corrected chi connectivity index (χ2v) is 8.39. The number of pyridine rings is 1. The van der Waals surface area contributed by atoms with Crippen LogP contribution < -0.4 is 0 Å². The van der Waals surface area contributed by atoms with Gasteiger partial charge in [0.05, 0.1) is 28.4 Å². The van der Waals surface area contributed by atoms with Crippen LogP contribution in [0.25, 0.3) is 33.7 Å². The molecule has 0 unspecified atom stereocenters. The smallest absolute Gasteiger partial charge is 0.150 e. The lowest BCUT2D eigenvalue weighted by molar-refractivity contribution is 0.181. The van der Waals surface area contributed by atoms with Crippen LogP contribution in [0.3, 0.4) is 0 Å². The van der Waals surface area contributed by atoms with Crippen LogP contribution in [0.5, 0.6) is 0 Å². The molecule has 2 aromatic carbocycles. The number of hydrogen-bond donors (Lipinski definition) is 1. The molecule has 0 saturated carbocycles. The van der Waals surface area contributed by atoms with Crippen LogP contribution in [-0.4, -0.2) is 29.9 Å². The first kappa shape index (κ1) is 21.3. The second-order valence-electron chi connectivity index (χ2n) is 8.39. The molecule has 0 atom stereocenters. The minimum atomic E-state index is 0.239. The number of fused-ring (bicyclic) bond motifs is 1. The summed E-state index contributed by atoms with van der Waals surface area (Å²) in [7, 11) is 0. The molecule has 0 aliphatic carbocycles. The van der Waals surface area contributed by atoms with Crippen LogP contribution >= 0.6 is 0 Å². The van der Waals surface area contributed by atoms with Gasteiger partial charge in [0.15, 0.2) is 0 Å². The van der Waals surface area contributed by atoms with Gasteiger partial charge >= 0.3 is 0 Å². The third-order valence-electron chi connectivity index (χ3n) is 5.69. The number of aromatic nitrogens is 5. The van der Waals surface area contributed by atoms with E-state index in [-0.39, 0.29) is 5.92 Å². The van der Waals surface area contributed by atoms with Crippen LogP contribution in [0.2, 0.25) is 0 Å². The zero-order valence-corrected chi connectivity index (χ0v) is 18.8. The van der Waals surface area contributed by atoms with E-state index in [0.29, 0.717) is 34.9 Å². The molecule has 0 aliphatic rings. The first-order valence-electron chi connectivity index (χ1n) is 11.0. The van der Waals surface area contributed by atoms with Crippen molar-refractivity contribution in [3.8, 4) is 28.7 Å². The highest BCUT2D eigenvalue weighted by Gasteiger charge is 2.22. The SMILES string of the molecule is CC(C)c1cccc(-c2c(-c3ccc4nccnc4c3)nc(Cc3cccc(C#N)c3)n2O)n1.